The maximum atomic E-state index is 6.07. The second-order valence-corrected chi connectivity index (χ2v) is 8.93. The van der Waals surface area contributed by atoms with E-state index in [1.165, 1.54) is 17.5 Å². The van der Waals surface area contributed by atoms with Crippen LogP contribution >= 0.6 is 36.2 Å². The predicted octanol–water partition coefficient (Wildman–Crippen LogP) is 4.79. The van der Waals surface area contributed by atoms with Gasteiger partial charge in [-0.1, -0.05) is 23.5 Å². The minimum absolute atomic E-state index is 0. The number of thiazole rings is 1. The van der Waals surface area contributed by atoms with E-state index in [1.54, 1.807) is 18.4 Å². The first-order chi connectivity index (χ1) is 14.8. The van der Waals surface area contributed by atoms with Gasteiger partial charge in [-0.15, -0.1) is 24.8 Å². The number of nitrogens with one attached hydrogen (secondary N) is 1. The molecule has 3 aromatic rings. The van der Waals surface area contributed by atoms with Crippen molar-refractivity contribution in [2.45, 2.75) is 18.9 Å². The van der Waals surface area contributed by atoms with Gasteiger partial charge in [0.25, 0.3) is 0 Å². The van der Waals surface area contributed by atoms with E-state index in [9.17, 15) is 0 Å². The second-order valence-electron chi connectivity index (χ2n) is 7.92. The van der Waals surface area contributed by atoms with Crippen LogP contribution in [-0.4, -0.2) is 51.0 Å². The Morgan fingerprint density at radius 1 is 1.09 bits per heavy atom. The zero-order valence-electron chi connectivity index (χ0n) is 18.0. The number of anilines is 1. The van der Waals surface area contributed by atoms with Gasteiger partial charge in [0.05, 0.1) is 17.3 Å². The Morgan fingerprint density at radius 3 is 2.69 bits per heavy atom. The monoisotopic (exact) mass is 497 g/mol. The molecular formula is C23H29Cl2N3O3S. The van der Waals surface area contributed by atoms with Crippen LogP contribution < -0.4 is 24.4 Å². The molecule has 1 saturated heterocycles. The van der Waals surface area contributed by atoms with Crippen molar-refractivity contribution in [2.75, 3.05) is 44.8 Å². The third kappa shape index (κ3) is 5.52. The molecule has 0 saturated carbocycles. The topological polar surface area (TPSA) is 55.9 Å². The quantitative estimate of drug-likeness (QED) is 0.527. The van der Waals surface area contributed by atoms with Crippen molar-refractivity contribution in [1.29, 1.82) is 0 Å². The standard InChI is InChI=1S/C23H27N3O3S.2ClH/c1-27-17-6-7-20-21(12-17)28-15-18(29-20)14-24-13-16-8-10-26(11-9-16)23-25-19-4-2-3-5-22(19)30-23;;/h2-7,12,16,18,24H,8-11,13-15H2,1H3;2*1H. The highest BCUT2D eigenvalue weighted by Gasteiger charge is 2.24. The van der Waals surface area contributed by atoms with Gasteiger partial charge >= 0.3 is 0 Å². The molecule has 0 bridgehead atoms. The minimum atomic E-state index is 0. The van der Waals surface area contributed by atoms with Crippen molar-refractivity contribution >= 4 is 51.5 Å². The van der Waals surface area contributed by atoms with E-state index in [2.05, 4.69) is 34.5 Å². The molecule has 1 N–H and O–H groups in total. The second kappa shape index (κ2) is 11.3. The van der Waals surface area contributed by atoms with E-state index in [0.717, 1.165) is 54.1 Å². The van der Waals surface area contributed by atoms with Gasteiger partial charge in [-0.3, -0.25) is 0 Å². The molecule has 2 aromatic carbocycles. The molecule has 0 amide bonds. The molecule has 0 aliphatic carbocycles. The van der Waals surface area contributed by atoms with Gasteiger partial charge in [-0.25, -0.2) is 4.98 Å². The molecule has 1 unspecified atom stereocenters. The molecule has 174 valence electrons. The molecule has 5 rings (SSSR count). The van der Waals surface area contributed by atoms with Gasteiger partial charge in [0.2, 0.25) is 0 Å². The fraction of sp³-hybridized carbons (Fsp3) is 0.435. The zero-order chi connectivity index (χ0) is 20.3. The first kappa shape index (κ1) is 24.7. The number of piperidine rings is 1. The first-order valence-electron chi connectivity index (χ1n) is 10.6. The average molecular weight is 498 g/mol. The van der Waals surface area contributed by atoms with E-state index in [0.29, 0.717) is 12.5 Å². The predicted molar refractivity (Wildman–Crippen MR) is 135 cm³/mol. The van der Waals surface area contributed by atoms with E-state index in [4.69, 9.17) is 19.2 Å². The Bertz CT molecular complexity index is 978. The van der Waals surface area contributed by atoms with Gasteiger partial charge in [-0.2, -0.15) is 0 Å². The molecule has 32 heavy (non-hydrogen) atoms. The van der Waals surface area contributed by atoms with Gasteiger partial charge in [0.1, 0.15) is 18.5 Å². The number of fused-ring (bicyclic) bond motifs is 2. The molecule has 6 nitrogen and oxygen atoms in total. The number of halogens is 2. The number of aromatic nitrogens is 1. The summed E-state index contributed by atoms with van der Waals surface area (Å²) in [5.41, 5.74) is 1.11. The average Bonchev–Trinajstić information content (AvgIpc) is 3.23. The summed E-state index contributed by atoms with van der Waals surface area (Å²) in [4.78, 5) is 7.24. The van der Waals surface area contributed by atoms with Gasteiger partial charge in [-0.05, 0) is 49.6 Å². The van der Waals surface area contributed by atoms with Gasteiger partial charge in [0.15, 0.2) is 16.6 Å². The smallest absolute Gasteiger partial charge is 0.186 e. The summed E-state index contributed by atoms with van der Waals surface area (Å²) in [6.07, 6.45) is 2.41. The van der Waals surface area contributed by atoms with E-state index in [1.807, 2.05) is 18.2 Å². The molecular weight excluding hydrogens is 469 g/mol. The zero-order valence-corrected chi connectivity index (χ0v) is 20.4. The van der Waals surface area contributed by atoms with Crippen LogP contribution in [0.15, 0.2) is 42.5 Å². The van der Waals surface area contributed by atoms with Crippen molar-refractivity contribution in [3.8, 4) is 17.2 Å². The summed E-state index contributed by atoms with van der Waals surface area (Å²) in [5, 5.41) is 4.75. The number of benzene rings is 2. The summed E-state index contributed by atoms with van der Waals surface area (Å²) in [6, 6.07) is 14.1. The Labute approximate surface area is 205 Å². The van der Waals surface area contributed by atoms with Crippen molar-refractivity contribution < 1.29 is 14.2 Å². The third-order valence-electron chi connectivity index (χ3n) is 5.84. The van der Waals surface area contributed by atoms with Crippen LogP contribution in [0.4, 0.5) is 5.13 Å². The number of hydrogen-bond acceptors (Lipinski definition) is 7. The Balaban J connectivity index is 0.00000144. The molecule has 9 heteroatoms. The fourth-order valence-corrected chi connectivity index (χ4v) is 5.11. The number of hydrogen-bond donors (Lipinski definition) is 1. The summed E-state index contributed by atoms with van der Waals surface area (Å²) >= 11 is 1.80. The van der Waals surface area contributed by atoms with Crippen molar-refractivity contribution in [3.63, 3.8) is 0 Å². The lowest BCUT2D eigenvalue weighted by Crippen LogP contribution is -2.42. The maximum Gasteiger partial charge on any atom is 0.186 e. The lowest BCUT2D eigenvalue weighted by molar-refractivity contribution is 0.0890. The number of methoxy groups -OCH3 is 1. The summed E-state index contributed by atoms with van der Waals surface area (Å²) in [5.74, 6) is 3.02. The van der Waals surface area contributed by atoms with Crippen LogP contribution in [-0.2, 0) is 0 Å². The third-order valence-corrected chi connectivity index (χ3v) is 6.94. The van der Waals surface area contributed by atoms with Crippen LogP contribution in [0.5, 0.6) is 17.2 Å². The van der Waals surface area contributed by atoms with E-state index in [-0.39, 0.29) is 30.9 Å². The summed E-state index contributed by atoms with van der Waals surface area (Å²) in [7, 11) is 1.65. The van der Waals surface area contributed by atoms with Gasteiger partial charge in [0, 0.05) is 25.7 Å². The first-order valence-corrected chi connectivity index (χ1v) is 11.4. The molecule has 2 aliphatic heterocycles. The molecule has 3 heterocycles. The maximum absolute atomic E-state index is 6.07. The SMILES string of the molecule is COc1ccc2c(c1)OCC(CNCC1CCN(c3nc4ccccc4s3)CC1)O2.Cl.Cl. The molecule has 1 aromatic heterocycles. The van der Waals surface area contributed by atoms with Gasteiger partial charge < -0.3 is 24.4 Å². The van der Waals surface area contributed by atoms with Crippen LogP contribution in [0.25, 0.3) is 10.2 Å². The van der Waals surface area contributed by atoms with E-state index >= 15 is 0 Å². The number of ether oxygens (including phenoxy) is 3. The molecule has 0 radical (unpaired) electrons. The lowest BCUT2D eigenvalue weighted by Gasteiger charge is -2.32. The number of nitrogens with zero attached hydrogens (tertiary/aromatic N) is 2. The Hall–Kier alpha value is -1.93. The highest BCUT2D eigenvalue weighted by Crippen LogP contribution is 2.35. The number of para-hydroxylation sites is 1. The Kier molecular flexibility index (Phi) is 8.71. The number of rotatable bonds is 6. The van der Waals surface area contributed by atoms with Crippen LogP contribution in [0.3, 0.4) is 0 Å². The largest absolute Gasteiger partial charge is 0.497 e. The highest BCUT2D eigenvalue weighted by atomic mass is 35.5. The van der Waals surface area contributed by atoms with Crippen LogP contribution in [0, 0.1) is 5.92 Å². The van der Waals surface area contributed by atoms with Crippen LogP contribution in [0.2, 0.25) is 0 Å². The van der Waals surface area contributed by atoms with Crippen molar-refractivity contribution in [3.05, 3.63) is 42.5 Å². The molecule has 2 aliphatic rings. The lowest BCUT2D eigenvalue weighted by atomic mass is 9.97. The molecule has 1 fully saturated rings. The molecule has 0 spiro atoms. The normalized spacial score (nSPS) is 18.0. The summed E-state index contributed by atoms with van der Waals surface area (Å²) in [6.45, 7) is 4.52. The minimum Gasteiger partial charge on any atom is -0.497 e. The molecule has 1 atom stereocenters. The van der Waals surface area contributed by atoms with Crippen molar-refractivity contribution in [1.82, 2.24) is 10.3 Å². The fourth-order valence-electron chi connectivity index (χ4n) is 4.09. The highest BCUT2D eigenvalue weighted by molar-refractivity contribution is 7.22. The van der Waals surface area contributed by atoms with Crippen molar-refractivity contribution in [2.24, 2.45) is 5.92 Å². The summed E-state index contributed by atoms with van der Waals surface area (Å²) < 4.78 is 18.4. The van der Waals surface area contributed by atoms with E-state index < -0.39 is 0 Å². The Morgan fingerprint density at radius 2 is 1.91 bits per heavy atom. The van der Waals surface area contributed by atoms with Crippen LogP contribution in [0.1, 0.15) is 12.8 Å².